The topological polar surface area (TPSA) is 111 Å². The average molecular weight is 238 g/mol. The van der Waals surface area contributed by atoms with Crippen LogP contribution in [0.1, 0.15) is 24.2 Å². The Hall–Kier alpha value is -2.18. The molecule has 0 saturated heterocycles. The van der Waals surface area contributed by atoms with Crippen molar-refractivity contribution in [2.75, 3.05) is 12.3 Å². The van der Waals surface area contributed by atoms with Crippen molar-refractivity contribution in [2.45, 2.75) is 13.8 Å². The van der Waals surface area contributed by atoms with Gasteiger partial charge in [0.2, 0.25) is 0 Å². The summed E-state index contributed by atoms with van der Waals surface area (Å²) in [5.41, 5.74) is 5.75. The molecule has 3 N–H and O–H groups in total. The van der Waals surface area contributed by atoms with Crippen LogP contribution in [-0.2, 0) is 0 Å². The molecule has 0 atom stereocenters. The first-order valence-corrected chi connectivity index (χ1v) is 5.10. The fourth-order valence-corrected chi connectivity index (χ4v) is 1.14. The van der Waals surface area contributed by atoms with E-state index in [-0.39, 0.29) is 17.2 Å². The predicted octanol–water partition coefficient (Wildman–Crippen LogP) is 0.958. The lowest BCUT2D eigenvalue weighted by Gasteiger charge is -2.08. The summed E-state index contributed by atoms with van der Waals surface area (Å²) in [6.07, 6.45) is 1.11. The molecule has 1 aromatic heterocycles. The van der Waals surface area contributed by atoms with Crippen molar-refractivity contribution in [2.24, 2.45) is 5.92 Å². The van der Waals surface area contributed by atoms with E-state index in [0.717, 1.165) is 12.3 Å². The van der Waals surface area contributed by atoms with Crippen LogP contribution in [0.5, 0.6) is 0 Å². The number of anilines is 1. The van der Waals surface area contributed by atoms with Gasteiger partial charge in [-0.05, 0) is 15.8 Å². The van der Waals surface area contributed by atoms with Gasteiger partial charge in [0, 0.05) is 6.54 Å². The van der Waals surface area contributed by atoms with Crippen LogP contribution in [0.4, 0.5) is 11.5 Å². The standard InChI is InChI=1S/C10H14N4O3/c1-6(2)4-13-10(15)7-3-9(14(16)17)12-5-8(7)11/h3,5-6H,4,11H2,1-2H3,(H,13,15). The number of nitrogens with one attached hydrogen (secondary N) is 1. The van der Waals surface area contributed by atoms with Crippen molar-refractivity contribution < 1.29 is 9.72 Å². The first-order chi connectivity index (χ1) is 7.91. The monoisotopic (exact) mass is 238 g/mol. The van der Waals surface area contributed by atoms with Crippen LogP contribution in [0.3, 0.4) is 0 Å². The number of hydrogen-bond donors (Lipinski definition) is 2. The summed E-state index contributed by atoms with van der Waals surface area (Å²) >= 11 is 0. The second kappa shape index (κ2) is 5.24. The number of carbonyl (C=O) groups excluding carboxylic acids is 1. The number of pyridine rings is 1. The fraction of sp³-hybridized carbons (Fsp3) is 0.400. The van der Waals surface area contributed by atoms with E-state index in [1.165, 1.54) is 0 Å². The molecule has 0 fully saturated rings. The summed E-state index contributed by atoms with van der Waals surface area (Å²) in [6.45, 7) is 4.37. The van der Waals surface area contributed by atoms with Crippen molar-refractivity contribution in [3.63, 3.8) is 0 Å². The summed E-state index contributed by atoms with van der Waals surface area (Å²) in [4.78, 5) is 25.1. The lowest BCUT2D eigenvalue weighted by molar-refractivity contribution is -0.389. The van der Waals surface area contributed by atoms with E-state index in [9.17, 15) is 14.9 Å². The molecule has 1 amide bonds. The first-order valence-electron chi connectivity index (χ1n) is 5.10. The van der Waals surface area contributed by atoms with Gasteiger partial charge >= 0.3 is 5.82 Å². The fourth-order valence-electron chi connectivity index (χ4n) is 1.14. The minimum Gasteiger partial charge on any atom is -0.395 e. The zero-order valence-electron chi connectivity index (χ0n) is 9.64. The molecule has 0 aliphatic rings. The van der Waals surface area contributed by atoms with Gasteiger partial charge in [0.05, 0.1) is 17.3 Å². The number of nitro groups is 1. The molecule has 7 heteroatoms. The molecule has 0 aliphatic heterocycles. The molecule has 1 heterocycles. The van der Waals surface area contributed by atoms with Gasteiger partial charge in [0.25, 0.3) is 5.91 Å². The molecular weight excluding hydrogens is 224 g/mol. The van der Waals surface area contributed by atoms with Crippen LogP contribution >= 0.6 is 0 Å². The van der Waals surface area contributed by atoms with E-state index in [1.54, 1.807) is 0 Å². The average Bonchev–Trinajstić information content (AvgIpc) is 2.26. The third kappa shape index (κ3) is 3.40. The van der Waals surface area contributed by atoms with Crippen molar-refractivity contribution in [1.29, 1.82) is 0 Å². The van der Waals surface area contributed by atoms with Gasteiger partial charge < -0.3 is 21.2 Å². The van der Waals surface area contributed by atoms with Crippen molar-refractivity contribution in [1.82, 2.24) is 10.3 Å². The molecule has 0 bridgehead atoms. The number of nitrogens with zero attached hydrogens (tertiary/aromatic N) is 2. The molecule has 0 unspecified atom stereocenters. The summed E-state index contributed by atoms with van der Waals surface area (Å²) in [5.74, 6) is -0.535. The normalized spacial score (nSPS) is 10.3. The Morgan fingerprint density at radius 2 is 2.29 bits per heavy atom. The van der Waals surface area contributed by atoms with Gasteiger partial charge in [0.15, 0.2) is 6.20 Å². The highest BCUT2D eigenvalue weighted by Gasteiger charge is 2.17. The van der Waals surface area contributed by atoms with E-state index in [1.807, 2.05) is 13.8 Å². The molecule has 7 nitrogen and oxygen atoms in total. The quantitative estimate of drug-likeness (QED) is 0.599. The summed E-state index contributed by atoms with van der Waals surface area (Å²) in [6, 6.07) is 1.07. The third-order valence-electron chi connectivity index (χ3n) is 2.02. The maximum atomic E-state index is 11.7. The minimum atomic E-state index is -0.668. The molecular formula is C10H14N4O3. The molecule has 1 aromatic rings. The number of amides is 1. The number of hydrogen-bond acceptors (Lipinski definition) is 5. The van der Waals surface area contributed by atoms with Crippen molar-refractivity contribution >= 4 is 17.4 Å². The predicted molar refractivity (Wildman–Crippen MR) is 62.5 cm³/mol. The second-order valence-corrected chi connectivity index (χ2v) is 3.99. The number of nitrogens with two attached hydrogens (primary N) is 1. The highest BCUT2D eigenvalue weighted by atomic mass is 16.6. The molecule has 92 valence electrons. The maximum Gasteiger partial charge on any atom is 0.364 e. The lowest BCUT2D eigenvalue weighted by atomic mass is 10.2. The summed E-state index contributed by atoms with van der Waals surface area (Å²) in [7, 11) is 0. The smallest absolute Gasteiger partial charge is 0.364 e. The van der Waals surface area contributed by atoms with Gasteiger partial charge in [-0.15, -0.1) is 0 Å². The number of carbonyl (C=O) groups is 1. The number of rotatable bonds is 4. The molecule has 0 spiro atoms. The molecule has 0 aliphatic carbocycles. The Labute approximate surface area is 98.2 Å². The highest BCUT2D eigenvalue weighted by Crippen LogP contribution is 2.16. The molecule has 17 heavy (non-hydrogen) atoms. The zero-order chi connectivity index (χ0) is 13.0. The van der Waals surface area contributed by atoms with E-state index < -0.39 is 16.6 Å². The first kappa shape index (κ1) is 12.9. The Morgan fingerprint density at radius 3 is 2.82 bits per heavy atom. The Kier molecular flexibility index (Phi) is 3.97. The molecule has 0 radical (unpaired) electrons. The van der Waals surface area contributed by atoms with E-state index in [0.29, 0.717) is 6.54 Å². The van der Waals surface area contributed by atoms with Gasteiger partial charge in [-0.1, -0.05) is 13.8 Å². The lowest BCUT2D eigenvalue weighted by Crippen LogP contribution is -2.28. The van der Waals surface area contributed by atoms with E-state index in [4.69, 9.17) is 5.73 Å². The largest absolute Gasteiger partial charge is 0.395 e. The van der Waals surface area contributed by atoms with Crippen LogP contribution in [0, 0.1) is 16.0 Å². The van der Waals surface area contributed by atoms with Gasteiger partial charge in [0.1, 0.15) is 0 Å². The zero-order valence-corrected chi connectivity index (χ0v) is 9.64. The van der Waals surface area contributed by atoms with Crippen LogP contribution < -0.4 is 11.1 Å². The summed E-state index contributed by atoms with van der Waals surface area (Å²) in [5, 5.41) is 13.2. The van der Waals surface area contributed by atoms with Crippen LogP contribution in [0.2, 0.25) is 0 Å². The minimum absolute atomic E-state index is 0.0763. The number of nitrogen functional groups attached to an aromatic ring is 1. The summed E-state index contributed by atoms with van der Waals surface area (Å²) < 4.78 is 0. The molecule has 1 rings (SSSR count). The van der Waals surface area contributed by atoms with Crippen LogP contribution in [-0.4, -0.2) is 22.4 Å². The van der Waals surface area contributed by atoms with Crippen LogP contribution in [0.25, 0.3) is 0 Å². The molecule has 0 aromatic carbocycles. The van der Waals surface area contributed by atoms with E-state index in [2.05, 4.69) is 10.3 Å². The number of aromatic nitrogens is 1. The van der Waals surface area contributed by atoms with E-state index >= 15 is 0 Å². The Balaban J connectivity index is 2.92. The van der Waals surface area contributed by atoms with Gasteiger partial charge in [-0.2, -0.15) is 0 Å². The van der Waals surface area contributed by atoms with Gasteiger partial charge in [-0.3, -0.25) is 4.79 Å². The van der Waals surface area contributed by atoms with Crippen molar-refractivity contribution in [3.8, 4) is 0 Å². The van der Waals surface area contributed by atoms with Gasteiger partial charge in [-0.25, -0.2) is 0 Å². The Bertz CT molecular complexity index is 445. The third-order valence-corrected chi connectivity index (χ3v) is 2.02. The highest BCUT2D eigenvalue weighted by molar-refractivity contribution is 5.99. The van der Waals surface area contributed by atoms with Crippen molar-refractivity contribution in [3.05, 3.63) is 27.9 Å². The maximum absolute atomic E-state index is 11.7. The Morgan fingerprint density at radius 1 is 1.65 bits per heavy atom. The SMILES string of the molecule is CC(C)CNC(=O)c1cc([N+](=O)[O-])ncc1N. The second-order valence-electron chi connectivity index (χ2n) is 3.99. The van der Waals surface area contributed by atoms with Crippen LogP contribution in [0.15, 0.2) is 12.3 Å². The molecule has 0 saturated carbocycles.